The lowest BCUT2D eigenvalue weighted by molar-refractivity contribution is -0.120. The van der Waals surface area contributed by atoms with E-state index in [1.807, 2.05) is 12.1 Å². The van der Waals surface area contributed by atoms with Gasteiger partial charge in [0.25, 0.3) is 0 Å². The van der Waals surface area contributed by atoms with Crippen molar-refractivity contribution < 1.29 is 9.21 Å². The van der Waals surface area contributed by atoms with Crippen molar-refractivity contribution in [1.82, 2.24) is 4.90 Å². The van der Waals surface area contributed by atoms with Gasteiger partial charge in [0.05, 0.1) is 12.8 Å². The van der Waals surface area contributed by atoms with Crippen molar-refractivity contribution in [3.8, 4) is 0 Å². The number of hydrogen-bond acceptors (Lipinski definition) is 3. The van der Waals surface area contributed by atoms with Gasteiger partial charge in [0.2, 0.25) is 0 Å². The Morgan fingerprint density at radius 2 is 2.41 bits per heavy atom. The largest absolute Gasteiger partial charge is 0.468 e. The Hall–Kier alpha value is -1.09. The molecule has 94 valence electrons. The Kier molecular flexibility index (Phi) is 4.37. The fourth-order valence-electron chi connectivity index (χ4n) is 2.50. The lowest BCUT2D eigenvalue weighted by Crippen LogP contribution is -2.26. The normalized spacial score (nSPS) is 20.4. The average molecular weight is 235 g/mol. The van der Waals surface area contributed by atoms with E-state index in [9.17, 15) is 4.79 Å². The molecular formula is C14H21NO2. The molecule has 1 aliphatic rings. The van der Waals surface area contributed by atoms with E-state index in [4.69, 9.17) is 4.42 Å². The molecule has 0 bridgehead atoms. The van der Waals surface area contributed by atoms with Gasteiger partial charge in [-0.05, 0) is 44.5 Å². The van der Waals surface area contributed by atoms with Crippen LogP contribution in [0, 0.1) is 5.92 Å². The first-order chi connectivity index (χ1) is 8.29. The zero-order valence-corrected chi connectivity index (χ0v) is 10.5. The van der Waals surface area contributed by atoms with Crippen molar-refractivity contribution in [2.75, 3.05) is 13.1 Å². The quantitative estimate of drug-likeness (QED) is 0.760. The Morgan fingerprint density at radius 3 is 3.00 bits per heavy atom. The maximum Gasteiger partial charge on any atom is 0.136 e. The molecule has 0 amide bonds. The third-order valence-electron chi connectivity index (χ3n) is 3.63. The van der Waals surface area contributed by atoms with Gasteiger partial charge in [0, 0.05) is 12.3 Å². The molecule has 3 heteroatoms. The van der Waals surface area contributed by atoms with E-state index < -0.39 is 0 Å². The van der Waals surface area contributed by atoms with Crippen molar-refractivity contribution in [3.05, 3.63) is 24.2 Å². The summed E-state index contributed by atoms with van der Waals surface area (Å²) in [5, 5.41) is 0. The second kappa shape index (κ2) is 6.01. The van der Waals surface area contributed by atoms with Crippen LogP contribution in [0.3, 0.4) is 0 Å². The molecule has 1 aromatic heterocycles. The topological polar surface area (TPSA) is 33.5 Å². The highest BCUT2D eigenvalue weighted by molar-refractivity contribution is 5.82. The number of carbonyl (C=O) groups is 1. The van der Waals surface area contributed by atoms with Gasteiger partial charge in [-0.2, -0.15) is 0 Å². The molecular weight excluding hydrogens is 214 g/mol. The minimum Gasteiger partial charge on any atom is -0.468 e. The summed E-state index contributed by atoms with van der Waals surface area (Å²) in [7, 11) is 0. The lowest BCUT2D eigenvalue weighted by Gasteiger charge is -2.20. The molecule has 17 heavy (non-hydrogen) atoms. The van der Waals surface area contributed by atoms with Gasteiger partial charge < -0.3 is 4.42 Å². The van der Waals surface area contributed by atoms with E-state index in [0.29, 0.717) is 11.7 Å². The molecule has 1 saturated carbocycles. The second-order valence-electron chi connectivity index (χ2n) is 4.79. The van der Waals surface area contributed by atoms with E-state index in [0.717, 1.165) is 51.1 Å². The number of Topliss-reactive ketones (excluding diaryl/α,β-unsaturated/α-hetero) is 1. The molecule has 0 N–H and O–H groups in total. The van der Waals surface area contributed by atoms with Crippen LogP contribution >= 0.6 is 0 Å². The summed E-state index contributed by atoms with van der Waals surface area (Å²) < 4.78 is 5.35. The first-order valence-corrected chi connectivity index (χ1v) is 6.57. The van der Waals surface area contributed by atoms with Crippen LogP contribution in [0.5, 0.6) is 0 Å². The summed E-state index contributed by atoms with van der Waals surface area (Å²) in [4.78, 5) is 13.9. The van der Waals surface area contributed by atoms with E-state index in [1.54, 1.807) is 6.26 Å². The van der Waals surface area contributed by atoms with Gasteiger partial charge in [-0.15, -0.1) is 0 Å². The highest BCUT2D eigenvalue weighted by Crippen LogP contribution is 2.24. The average Bonchev–Trinajstić information content (AvgIpc) is 2.96. The van der Waals surface area contributed by atoms with Crippen LogP contribution < -0.4 is 0 Å². The fourth-order valence-corrected chi connectivity index (χ4v) is 2.50. The predicted molar refractivity (Wildman–Crippen MR) is 66.6 cm³/mol. The first-order valence-electron chi connectivity index (χ1n) is 6.57. The third kappa shape index (κ3) is 3.43. The zero-order chi connectivity index (χ0) is 12.1. The number of rotatable bonds is 6. The van der Waals surface area contributed by atoms with Crippen LogP contribution in [0.4, 0.5) is 0 Å². The summed E-state index contributed by atoms with van der Waals surface area (Å²) in [6.07, 6.45) is 5.71. The molecule has 1 aliphatic carbocycles. The van der Waals surface area contributed by atoms with Crippen molar-refractivity contribution in [1.29, 1.82) is 0 Å². The van der Waals surface area contributed by atoms with Crippen LogP contribution in [0.15, 0.2) is 22.8 Å². The summed E-state index contributed by atoms with van der Waals surface area (Å²) >= 11 is 0. The molecule has 0 saturated heterocycles. The van der Waals surface area contributed by atoms with Crippen LogP contribution in [0.2, 0.25) is 0 Å². The first kappa shape index (κ1) is 12.4. The Balaban J connectivity index is 1.77. The van der Waals surface area contributed by atoms with Crippen LogP contribution in [-0.4, -0.2) is 23.8 Å². The molecule has 0 aromatic carbocycles. The highest BCUT2D eigenvalue weighted by Gasteiger charge is 2.24. The summed E-state index contributed by atoms with van der Waals surface area (Å²) in [6.45, 7) is 5.00. The van der Waals surface area contributed by atoms with Crippen molar-refractivity contribution in [2.45, 2.75) is 39.2 Å². The SMILES string of the molecule is CCN(CCC1CCCC1=O)Cc1ccco1. The van der Waals surface area contributed by atoms with Crippen LogP contribution in [0.25, 0.3) is 0 Å². The molecule has 2 rings (SSSR count). The molecule has 0 spiro atoms. The predicted octanol–water partition coefficient (Wildman–Crippen LogP) is 2.86. The van der Waals surface area contributed by atoms with Gasteiger partial charge in [-0.3, -0.25) is 9.69 Å². The molecule has 1 unspecified atom stereocenters. The van der Waals surface area contributed by atoms with E-state index in [2.05, 4.69) is 11.8 Å². The smallest absolute Gasteiger partial charge is 0.136 e. The van der Waals surface area contributed by atoms with E-state index >= 15 is 0 Å². The highest BCUT2D eigenvalue weighted by atomic mass is 16.3. The van der Waals surface area contributed by atoms with Gasteiger partial charge in [0.15, 0.2) is 0 Å². The number of nitrogens with zero attached hydrogens (tertiary/aromatic N) is 1. The fraction of sp³-hybridized carbons (Fsp3) is 0.643. The monoisotopic (exact) mass is 235 g/mol. The third-order valence-corrected chi connectivity index (χ3v) is 3.63. The number of furan rings is 1. The zero-order valence-electron chi connectivity index (χ0n) is 10.5. The number of hydrogen-bond donors (Lipinski definition) is 0. The maximum atomic E-state index is 11.6. The van der Waals surface area contributed by atoms with Crippen molar-refractivity contribution in [2.24, 2.45) is 5.92 Å². The van der Waals surface area contributed by atoms with Crippen molar-refractivity contribution >= 4 is 5.78 Å². The molecule has 1 heterocycles. The number of carbonyl (C=O) groups excluding carboxylic acids is 1. The Bertz CT molecular complexity index is 345. The van der Waals surface area contributed by atoms with Gasteiger partial charge in [0.1, 0.15) is 11.5 Å². The Morgan fingerprint density at radius 1 is 1.53 bits per heavy atom. The maximum absolute atomic E-state index is 11.6. The number of ketones is 1. The van der Waals surface area contributed by atoms with E-state index in [-0.39, 0.29) is 0 Å². The van der Waals surface area contributed by atoms with Crippen LogP contribution in [-0.2, 0) is 11.3 Å². The lowest BCUT2D eigenvalue weighted by atomic mass is 10.0. The minimum absolute atomic E-state index is 0.320. The second-order valence-corrected chi connectivity index (χ2v) is 4.79. The minimum atomic E-state index is 0.320. The molecule has 0 radical (unpaired) electrons. The van der Waals surface area contributed by atoms with Crippen LogP contribution in [0.1, 0.15) is 38.4 Å². The summed E-state index contributed by atoms with van der Waals surface area (Å²) in [5.41, 5.74) is 0. The summed E-state index contributed by atoms with van der Waals surface area (Å²) in [6, 6.07) is 3.92. The van der Waals surface area contributed by atoms with Crippen molar-refractivity contribution in [3.63, 3.8) is 0 Å². The van der Waals surface area contributed by atoms with Gasteiger partial charge in [-0.25, -0.2) is 0 Å². The standard InChI is InChI=1S/C14H21NO2/c1-2-15(11-13-6-4-10-17-13)9-8-12-5-3-7-14(12)16/h4,6,10,12H,2-3,5,7-9,11H2,1H3. The van der Waals surface area contributed by atoms with Gasteiger partial charge >= 0.3 is 0 Å². The molecule has 3 nitrogen and oxygen atoms in total. The van der Waals surface area contributed by atoms with Gasteiger partial charge in [-0.1, -0.05) is 6.92 Å². The molecule has 1 aromatic rings. The molecule has 1 fully saturated rings. The molecule has 1 atom stereocenters. The molecule has 0 aliphatic heterocycles. The van der Waals surface area contributed by atoms with E-state index in [1.165, 1.54) is 0 Å². The summed E-state index contributed by atoms with van der Waals surface area (Å²) in [5.74, 6) is 1.80. The Labute approximate surface area is 103 Å².